The van der Waals surface area contributed by atoms with Crippen LogP contribution in [0.5, 0.6) is 0 Å². The zero-order valence-electron chi connectivity index (χ0n) is 17.0. The van der Waals surface area contributed by atoms with E-state index in [1.807, 2.05) is 0 Å². The van der Waals surface area contributed by atoms with E-state index in [1.165, 1.54) is 19.1 Å². The Morgan fingerprint density at radius 3 is 2.21 bits per heavy atom. The summed E-state index contributed by atoms with van der Waals surface area (Å²) in [4.78, 5) is 34.8. The number of hydrogen-bond donors (Lipinski definition) is 2. The second kappa shape index (κ2) is 9.74. The number of alkyl halides is 3. The summed E-state index contributed by atoms with van der Waals surface area (Å²) in [5.74, 6) is -0.814. The third-order valence-electron chi connectivity index (χ3n) is 4.28. The fraction of sp³-hybridized carbons (Fsp3) is 0.0909. The number of carbonyl (C=O) groups is 2. The summed E-state index contributed by atoms with van der Waals surface area (Å²) in [6.07, 6.45) is -4.72. The molecule has 0 bridgehead atoms. The van der Waals surface area contributed by atoms with Crippen molar-refractivity contribution in [3.05, 3.63) is 88.0 Å². The molecule has 0 aromatic heterocycles. The minimum Gasteiger partial charge on any atom is -0.326 e. The molecule has 170 valence electrons. The van der Waals surface area contributed by atoms with Crippen molar-refractivity contribution in [2.75, 3.05) is 10.6 Å². The lowest BCUT2D eigenvalue weighted by Gasteiger charge is -2.12. The number of halogens is 3. The first-order valence-corrected chi connectivity index (χ1v) is 10.2. The molecule has 11 heteroatoms. The second-order valence-corrected chi connectivity index (χ2v) is 7.84. The van der Waals surface area contributed by atoms with Crippen LogP contribution in [-0.2, 0) is 11.0 Å². The number of nitrogens with one attached hydrogen (secondary N) is 2. The highest BCUT2D eigenvalue weighted by atomic mass is 32.2. The van der Waals surface area contributed by atoms with Gasteiger partial charge in [-0.2, -0.15) is 13.2 Å². The smallest absolute Gasteiger partial charge is 0.326 e. The van der Waals surface area contributed by atoms with Gasteiger partial charge in [-0.25, -0.2) is 0 Å². The van der Waals surface area contributed by atoms with Gasteiger partial charge >= 0.3 is 6.18 Å². The Labute approximate surface area is 190 Å². The fourth-order valence-corrected chi connectivity index (χ4v) is 3.89. The van der Waals surface area contributed by atoms with Crippen LogP contribution in [0.3, 0.4) is 0 Å². The molecule has 0 saturated heterocycles. The lowest BCUT2D eigenvalue weighted by atomic mass is 10.2. The highest BCUT2D eigenvalue weighted by Crippen LogP contribution is 2.40. The molecule has 0 aliphatic heterocycles. The molecule has 3 rings (SSSR count). The van der Waals surface area contributed by atoms with E-state index in [2.05, 4.69) is 10.6 Å². The minimum atomic E-state index is -4.72. The quantitative estimate of drug-likeness (QED) is 0.338. The van der Waals surface area contributed by atoms with Crippen LogP contribution in [0.15, 0.2) is 76.5 Å². The summed E-state index contributed by atoms with van der Waals surface area (Å²) < 4.78 is 38.9. The van der Waals surface area contributed by atoms with Gasteiger partial charge in [-0.3, -0.25) is 19.7 Å². The molecule has 2 N–H and O–H groups in total. The molecular formula is C22H16F3N3O4S. The Balaban J connectivity index is 1.89. The summed E-state index contributed by atoms with van der Waals surface area (Å²) in [5, 5.41) is 16.6. The van der Waals surface area contributed by atoms with Gasteiger partial charge in [-0.1, -0.05) is 30.0 Å². The van der Waals surface area contributed by atoms with Gasteiger partial charge in [-0.15, -0.1) is 0 Å². The van der Waals surface area contributed by atoms with Crippen molar-refractivity contribution >= 4 is 40.6 Å². The van der Waals surface area contributed by atoms with Gasteiger partial charge in [0.15, 0.2) is 0 Å². The van der Waals surface area contributed by atoms with Crippen molar-refractivity contribution in [2.24, 2.45) is 0 Å². The number of nitro benzene ring substituents is 1. The van der Waals surface area contributed by atoms with E-state index in [9.17, 15) is 32.9 Å². The van der Waals surface area contributed by atoms with Crippen molar-refractivity contribution in [1.82, 2.24) is 0 Å². The zero-order valence-corrected chi connectivity index (χ0v) is 17.8. The normalized spacial score (nSPS) is 11.0. The van der Waals surface area contributed by atoms with Gasteiger partial charge in [0.05, 0.1) is 20.9 Å². The summed E-state index contributed by atoms with van der Waals surface area (Å²) in [6.45, 7) is 1.35. The molecule has 0 fully saturated rings. The van der Waals surface area contributed by atoms with E-state index < -0.39 is 28.3 Å². The maximum atomic E-state index is 13.0. The summed E-state index contributed by atoms with van der Waals surface area (Å²) in [5.41, 5.74) is -0.812. The van der Waals surface area contributed by atoms with Gasteiger partial charge in [0, 0.05) is 29.3 Å². The van der Waals surface area contributed by atoms with E-state index in [0.29, 0.717) is 22.3 Å². The first kappa shape index (κ1) is 23.8. The fourth-order valence-electron chi connectivity index (χ4n) is 2.86. The number of anilines is 2. The molecule has 0 heterocycles. The Kier molecular flexibility index (Phi) is 7.02. The lowest BCUT2D eigenvalue weighted by molar-refractivity contribution is -0.388. The predicted molar refractivity (Wildman–Crippen MR) is 117 cm³/mol. The predicted octanol–water partition coefficient (Wildman–Crippen LogP) is 5.98. The van der Waals surface area contributed by atoms with Crippen molar-refractivity contribution in [2.45, 2.75) is 22.9 Å². The molecule has 3 aromatic rings. The van der Waals surface area contributed by atoms with E-state index in [-0.39, 0.29) is 16.4 Å². The maximum Gasteiger partial charge on any atom is 0.416 e. The lowest BCUT2D eigenvalue weighted by Crippen LogP contribution is -2.13. The number of hydrogen-bond acceptors (Lipinski definition) is 5. The minimum absolute atomic E-state index is 0.0408. The third kappa shape index (κ3) is 6.10. The third-order valence-corrected chi connectivity index (χ3v) is 5.42. The molecule has 0 saturated carbocycles. The van der Waals surface area contributed by atoms with Gasteiger partial charge in [-0.05, 0) is 42.5 Å². The van der Waals surface area contributed by atoms with Crippen molar-refractivity contribution in [3.63, 3.8) is 0 Å². The average Bonchev–Trinajstić information content (AvgIpc) is 2.73. The average molecular weight is 475 g/mol. The highest BCUT2D eigenvalue weighted by Gasteiger charge is 2.33. The highest BCUT2D eigenvalue weighted by molar-refractivity contribution is 7.99. The second-order valence-electron chi connectivity index (χ2n) is 6.75. The SMILES string of the molecule is CC(=O)Nc1cccc(NC(=O)c2ccccc2Sc2ccc(C(F)(F)F)cc2[N+](=O)[O-])c1. The van der Waals surface area contributed by atoms with Crippen molar-refractivity contribution in [1.29, 1.82) is 0 Å². The first-order valence-electron chi connectivity index (χ1n) is 9.36. The van der Waals surface area contributed by atoms with Crippen LogP contribution in [0, 0.1) is 10.1 Å². The molecule has 3 aromatic carbocycles. The molecular weight excluding hydrogens is 459 g/mol. The topological polar surface area (TPSA) is 101 Å². The van der Waals surface area contributed by atoms with Crippen LogP contribution in [0.2, 0.25) is 0 Å². The molecule has 7 nitrogen and oxygen atoms in total. The van der Waals surface area contributed by atoms with Gasteiger partial charge in [0.1, 0.15) is 0 Å². The number of nitro groups is 1. The molecule has 2 amide bonds. The Morgan fingerprint density at radius 1 is 0.909 bits per heavy atom. The zero-order chi connectivity index (χ0) is 24.2. The Hall–Kier alpha value is -3.86. The number of nitrogens with zero attached hydrogens (tertiary/aromatic N) is 1. The molecule has 0 spiro atoms. The molecule has 0 aliphatic rings. The number of benzene rings is 3. The first-order chi connectivity index (χ1) is 15.5. The maximum absolute atomic E-state index is 13.0. The van der Waals surface area contributed by atoms with Crippen LogP contribution in [0.25, 0.3) is 0 Å². The van der Waals surface area contributed by atoms with Gasteiger partial charge in [0.2, 0.25) is 5.91 Å². The molecule has 0 radical (unpaired) electrons. The van der Waals surface area contributed by atoms with E-state index in [0.717, 1.165) is 23.9 Å². The standard InChI is InChI=1S/C22H16F3N3O4S/c1-13(29)26-15-5-4-6-16(12-15)27-21(30)17-7-2-3-8-19(17)33-20-10-9-14(22(23,24)25)11-18(20)28(31)32/h2-12H,1H3,(H,26,29)(H,27,30). The summed E-state index contributed by atoms with van der Waals surface area (Å²) in [6, 6.07) is 14.9. The van der Waals surface area contributed by atoms with Crippen LogP contribution >= 0.6 is 11.8 Å². The monoisotopic (exact) mass is 475 g/mol. The van der Waals surface area contributed by atoms with Crippen LogP contribution in [0.1, 0.15) is 22.8 Å². The summed E-state index contributed by atoms with van der Waals surface area (Å²) >= 11 is 0.812. The molecule has 33 heavy (non-hydrogen) atoms. The number of amides is 2. The Bertz CT molecular complexity index is 1230. The van der Waals surface area contributed by atoms with Crippen LogP contribution in [-0.4, -0.2) is 16.7 Å². The van der Waals surface area contributed by atoms with Gasteiger partial charge in [0.25, 0.3) is 11.6 Å². The van der Waals surface area contributed by atoms with Crippen molar-refractivity contribution < 1.29 is 27.7 Å². The van der Waals surface area contributed by atoms with Crippen LogP contribution < -0.4 is 10.6 Å². The number of carbonyl (C=O) groups excluding carboxylic acids is 2. The molecule has 0 atom stereocenters. The van der Waals surface area contributed by atoms with E-state index in [1.54, 1.807) is 36.4 Å². The molecule has 0 unspecified atom stereocenters. The Morgan fingerprint density at radius 2 is 1.58 bits per heavy atom. The largest absolute Gasteiger partial charge is 0.416 e. The van der Waals surface area contributed by atoms with Crippen molar-refractivity contribution in [3.8, 4) is 0 Å². The number of rotatable bonds is 6. The van der Waals surface area contributed by atoms with E-state index >= 15 is 0 Å². The van der Waals surface area contributed by atoms with Crippen LogP contribution in [0.4, 0.5) is 30.2 Å². The van der Waals surface area contributed by atoms with Gasteiger partial charge < -0.3 is 10.6 Å². The summed E-state index contributed by atoms with van der Waals surface area (Å²) in [7, 11) is 0. The molecule has 0 aliphatic carbocycles. The van der Waals surface area contributed by atoms with E-state index in [4.69, 9.17) is 0 Å².